The number of nitrogens with zero attached hydrogens (tertiary/aromatic N) is 1. The van der Waals surface area contributed by atoms with Gasteiger partial charge in [-0.25, -0.2) is 8.42 Å². The summed E-state index contributed by atoms with van der Waals surface area (Å²) < 4.78 is 23.1. The highest BCUT2D eigenvalue weighted by molar-refractivity contribution is 7.91. The molecule has 1 rings (SSSR count). The third-order valence-corrected chi connectivity index (χ3v) is 6.65. The Bertz CT molecular complexity index is 328. The molecule has 102 valence electrons. The summed E-state index contributed by atoms with van der Waals surface area (Å²) in [7, 11) is -2.80. The molecule has 3 nitrogen and oxygen atoms in total. The van der Waals surface area contributed by atoms with E-state index in [9.17, 15) is 8.42 Å². The summed E-state index contributed by atoms with van der Waals surface area (Å²) in [5, 5.41) is 0. The number of hydrogen-bond donors (Lipinski definition) is 1. The average Bonchev–Trinajstić information content (AvgIpc) is 2.28. The van der Waals surface area contributed by atoms with Gasteiger partial charge >= 0.3 is 0 Å². The van der Waals surface area contributed by atoms with E-state index in [1.807, 2.05) is 6.92 Å². The fourth-order valence-electron chi connectivity index (χ4n) is 2.45. The quantitative estimate of drug-likeness (QED) is 0.780. The Morgan fingerprint density at radius 1 is 1.35 bits per heavy atom. The minimum Gasteiger partial charge on any atom is -0.298 e. The summed E-state index contributed by atoms with van der Waals surface area (Å²) in [6, 6.07) is 0.145. The molecule has 1 aliphatic heterocycles. The number of sulfone groups is 1. The van der Waals surface area contributed by atoms with Crippen LogP contribution in [-0.4, -0.2) is 49.7 Å². The summed E-state index contributed by atoms with van der Waals surface area (Å²) in [5.74, 6) is 1.49. The molecule has 0 amide bonds. The van der Waals surface area contributed by atoms with Gasteiger partial charge in [0.1, 0.15) is 0 Å². The Morgan fingerprint density at radius 2 is 1.94 bits per heavy atom. The van der Waals surface area contributed by atoms with Crippen LogP contribution in [0.3, 0.4) is 0 Å². The van der Waals surface area contributed by atoms with Crippen molar-refractivity contribution in [3.63, 3.8) is 0 Å². The molecule has 1 heterocycles. The maximum atomic E-state index is 11.5. The van der Waals surface area contributed by atoms with Crippen LogP contribution in [0.1, 0.15) is 33.6 Å². The molecule has 5 heteroatoms. The van der Waals surface area contributed by atoms with E-state index in [0.717, 1.165) is 25.1 Å². The van der Waals surface area contributed by atoms with Gasteiger partial charge in [0.15, 0.2) is 9.84 Å². The molecule has 1 atom stereocenters. The van der Waals surface area contributed by atoms with Crippen LogP contribution in [0.2, 0.25) is 0 Å². The van der Waals surface area contributed by atoms with Crippen LogP contribution in [-0.2, 0) is 9.84 Å². The van der Waals surface area contributed by atoms with Crippen LogP contribution in [0.25, 0.3) is 0 Å². The summed E-state index contributed by atoms with van der Waals surface area (Å²) in [6.45, 7) is 8.07. The van der Waals surface area contributed by atoms with Crippen molar-refractivity contribution in [2.24, 2.45) is 5.41 Å². The second-order valence-electron chi connectivity index (χ2n) is 5.30. The average molecular weight is 279 g/mol. The number of hydrogen-bond acceptors (Lipinski definition) is 4. The Morgan fingerprint density at radius 3 is 2.35 bits per heavy atom. The molecule has 17 heavy (non-hydrogen) atoms. The zero-order chi connectivity index (χ0) is 13.1. The second kappa shape index (κ2) is 5.93. The molecule has 1 fully saturated rings. The predicted molar refractivity (Wildman–Crippen MR) is 76.6 cm³/mol. The van der Waals surface area contributed by atoms with E-state index in [1.165, 1.54) is 0 Å². The Balaban J connectivity index is 2.69. The molecule has 1 unspecified atom stereocenters. The third-order valence-electron chi connectivity index (χ3n) is 4.18. The summed E-state index contributed by atoms with van der Waals surface area (Å²) in [5.41, 5.74) is 0.235. The van der Waals surface area contributed by atoms with Crippen LogP contribution < -0.4 is 0 Å². The molecule has 1 saturated heterocycles. The van der Waals surface area contributed by atoms with E-state index < -0.39 is 9.84 Å². The molecule has 0 spiro atoms. The van der Waals surface area contributed by atoms with Crippen LogP contribution in [0, 0.1) is 5.41 Å². The molecular weight excluding hydrogens is 254 g/mol. The Hall–Kier alpha value is 0.260. The van der Waals surface area contributed by atoms with Crippen molar-refractivity contribution < 1.29 is 8.42 Å². The Kier molecular flexibility index (Phi) is 5.35. The lowest BCUT2D eigenvalue weighted by Crippen LogP contribution is -2.51. The normalized spacial score (nSPS) is 26.0. The monoisotopic (exact) mass is 279 g/mol. The fraction of sp³-hybridized carbons (Fsp3) is 1.00. The molecule has 0 aromatic heterocycles. The van der Waals surface area contributed by atoms with Gasteiger partial charge in [0.25, 0.3) is 0 Å². The van der Waals surface area contributed by atoms with Gasteiger partial charge < -0.3 is 0 Å². The molecule has 1 aliphatic rings. The lowest BCUT2D eigenvalue weighted by Gasteiger charge is -2.41. The van der Waals surface area contributed by atoms with Gasteiger partial charge in [-0.05, 0) is 30.9 Å². The van der Waals surface area contributed by atoms with Gasteiger partial charge in [-0.1, -0.05) is 13.8 Å². The first kappa shape index (κ1) is 15.3. The molecule has 0 aromatic rings. The van der Waals surface area contributed by atoms with Gasteiger partial charge in [-0.15, -0.1) is 0 Å². The van der Waals surface area contributed by atoms with Crippen LogP contribution in [0.15, 0.2) is 0 Å². The largest absolute Gasteiger partial charge is 0.298 e. The summed E-state index contributed by atoms with van der Waals surface area (Å²) in [4.78, 5) is 2.32. The van der Waals surface area contributed by atoms with Gasteiger partial charge in [0.2, 0.25) is 0 Å². The highest BCUT2D eigenvalue weighted by Gasteiger charge is 2.34. The zero-order valence-electron chi connectivity index (χ0n) is 11.1. The molecule has 0 aliphatic carbocycles. The van der Waals surface area contributed by atoms with Gasteiger partial charge in [0.05, 0.1) is 11.5 Å². The first-order chi connectivity index (χ1) is 7.88. The first-order valence-electron chi connectivity index (χ1n) is 6.43. The summed E-state index contributed by atoms with van der Waals surface area (Å²) >= 11 is 4.48. The van der Waals surface area contributed by atoms with Crippen molar-refractivity contribution in [3.8, 4) is 0 Å². The van der Waals surface area contributed by atoms with E-state index in [1.54, 1.807) is 0 Å². The van der Waals surface area contributed by atoms with Crippen molar-refractivity contribution in [3.05, 3.63) is 0 Å². The minimum atomic E-state index is -2.80. The van der Waals surface area contributed by atoms with Crippen molar-refractivity contribution >= 4 is 22.5 Å². The number of rotatable bonds is 5. The summed E-state index contributed by atoms with van der Waals surface area (Å²) in [6.07, 6.45) is 2.20. The standard InChI is InChI=1S/C12H25NO2S2/c1-4-12(5-2,10-16)9-13-6-7-17(14,15)8-11(13)3/h11,16H,4-10H2,1-3H3. The second-order valence-corrected chi connectivity index (χ2v) is 7.84. The van der Waals surface area contributed by atoms with Gasteiger partial charge in [-0.3, -0.25) is 4.90 Å². The molecule has 0 aromatic carbocycles. The topological polar surface area (TPSA) is 37.4 Å². The molecular formula is C12H25NO2S2. The highest BCUT2D eigenvalue weighted by Crippen LogP contribution is 2.30. The molecule has 0 radical (unpaired) electrons. The van der Waals surface area contributed by atoms with Crippen LogP contribution >= 0.6 is 12.6 Å². The van der Waals surface area contributed by atoms with Gasteiger partial charge in [-0.2, -0.15) is 12.6 Å². The van der Waals surface area contributed by atoms with E-state index >= 15 is 0 Å². The first-order valence-corrected chi connectivity index (χ1v) is 8.89. The van der Waals surface area contributed by atoms with E-state index in [-0.39, 0.29) is 11.5 Å². The predicted octanol–water partition coefficient (Wildman–Crippen LogP) is 1.84. The molecule has 0 saturated carbocycles. The fourth-order valence-corrected chi connectivity index (χ4v) is 4.62. The number of thiol groups is 1. The smallest absolute Gasteiger partial charge is 0.153 e. The van der Waals surface area contributed by atoms with Crippen molar-refractivity contribution in [1.82, 2.24) is 4.90 Å². The lowest BCUT2D eigenvalue weighted by molar-refractivity contribution is 0.132. The van der Waals surface area contributed by atoms with Crippen molar-refractivity contribution in [2.45, 2.75) is 39.7 Å². The van der Waals surface area contributed by atoms with E-state index in [0.29, 0.717) is 18.1 Å². The maximum Gasteiger partial charge on any atom is 0.153 e. The van der Waals surface area contributed by atoms with Crippen LogP contribution in [0.5, 0.6) is 0 Å². The van der Waals surface area contributed by atoms with Crippen molar-refractivity contribution in [2.75, 3.05) is 30.3 Å². The third kappa shape index (κ3) is 3.86. The van der Waals surface area contributed by atoms with E-state index in [2.05, 4.69) is 31.4 Å². The van der Waals surface area contributed by atoms with Gasteiger partial charge in [0, 0.05) is 19.1 Å². The van der Waals surface area contributed by atoms with Crippen LogP contribution in [0.4, 0.5) is 0 Å². The Labute approximate surface area is 111 Å². The SMILES string of the molecule is CCC(CC)(CS)CN1CCS(=O)(=O)CC1C. The van der Waals surface area contributed by atoms with E-state index in [4.69, 9.17) is 0 Å². The molecule has 0 bridgehead atoms. The highest BCUT2D eigenvalue weighted by atomic mass is 32.2. The van der Waals surface area contributed by atoms with Crippen molar-refractivity contribution in [1.29, 1.82) is 0 Å². The molecule has 0 N–H and O–H groups in total. The zero-order valence-corrected chi connectivity index (χ0v) is 12.9. The maximum absolute atomic E-state index is 11.5. The lowest BCUT2D eigenvalue weighted by atomic mass is 9.83. The minimum absolute atomic E-state index is 0.145.